The van der Waals surface area contributed by atoms with E-state index in [2.05, 4.69) is 0 Å². The highest BCUT2D eigenvalue weighted by Crippen LogP contribution is 2.17. The van der Waals surface area contributed by atoms with Gasteiger partial charge in [-0.2, -0.15) is 0 Å². The number of ether oxygens (including phenoxy) is 1. The van der Waals surface area contributed by atoms with Crippen molar-refractivity contribution in [3.05, 3.63) is 28.0 Å². The highest BCUT2D eigenvalue weighted by atomic mass is 32.1. The second-order valence-corrected chi connectivity index (χ2v) is 3.54. The van der Waals surface area contributed by atoms with Gasteiger partial charge in [-0.25, -0.2) is 4.79 Å². The Kier molecular flexibility index (Phi) is 4.35. The first-order valence-corrected chi connectivity index (χ1v) is 5.18. The fraction of sp³-hybridized carbons (Fsp3) is 0.300. The van der Waals surface area contributed by atoms with Crippen LogP contribution in [0.2, 0.25) is 0 Å². The summed E-state index contributed by atoms with van der Waals surface area (Å²) >= 11 is 1.46. The topological polar surface area (TPSA) is 46.5 Å². The van der Waals surface area contributed by atoms with Gasteiger partial charge in [-0.15, -0.1) is 11.3 Å². The third-order valence-corrected chi connectivity index (χ3v) is 2.53. The summed E-state index contributed by atoms with van der Waals surface area (Å²) in [5.41, 5.74) is 0.866. The molecule has 4 heteroatoms. The van der Waals surface area contributed by atoms with Crippen LogP contribution in [0.5, 0.6) is 0 Å². The zero-order chi connectivity index (χ0) is 10.4. The van der Waals surface area contributed by atoms with Gasteiger partial charge in [0.1, 0.15) is 0 Å². The molecule has 0 saturated heterocycles. The number of aliphatic hydroxyl groups is 1. The second-order valence-electron chi connectivity index (χ2n) is 2.54. The first kappa shape index (κ1) is 10.9. The van der Waals surface area contributed by atoms with E-state index >= 15 is 0 Å². The number of esters is 1. The monoisotopic (exact) mass is 212 g/mol. The van der Waals surface area contributed by atoms with Crippen LogP contribution >= 0.6 is 11.3 Å². The van der Waals surface area contributed by atoms with Crippen molar-refractivity contribution >= 4 is 23.4 Å². The standard InChI is InChI=1S/C10H12O3S/c1-2-13-10(12)4-3-8-5-6-14-9(8)7-11/h3-6,11H,2,7H2,1H3. The number of aliphatic hydroxyl groups excluding tert-OH is 1. The molecule has 0 aliphatic rings. The lowest BCUT2D eigenvalue weighted by atomic mass is 10.2. The molecule has 14 heavy (non-hydrogen) atoms. The molecule has 0 bridgehead atoms. The molecule has 3 nitrogen and oxygen atoms in total. The Balaban J connectivity index is 2.63. The zero-order valence-electron chi connectivity index (χ0n) is 7.90. The predicted octanol–water partition coefficient (Wildman–Crippen LogP) is 1.82. The fourth-order valence-corrected chi connectivity index (χ4v) is 1.70. The van der Waals surface area contributed by atoms with Crippen LogP contribution in [0, 0.1) is 0 Å². The van der Waals surface area contributed by atoms with E-state index in [9.17, 15) is 4.79 Å². The molecule has 0 aliphatic carbocycles. The second kappa shape index (κ2) is 5.57. The number of carbonyl (C=O) groups is 1. The minimum absolute atomic E-state index is 0.000164. The fourth-order valence-electron chi connectivity index (χ4n) is 0.976. The Morgan fingerprint density at radius 2 is 2.50 bits per heavy atom. The average molecular weight is 212 g/mol. The van der Waals surface area contributed by atoms with E-state index in [1.165, 1.54) is 17.4 Å². The molecule has 76 valence electrons. The highest BCUT2D eigenvalue weighted by molar-refractivity contribution is 7.10. The van der Waals surface area contributed by atoms with Crippen molar-refractivity contribution in [2.24, 2.45) is 0 Å². The molecule has 0 unspecified atom stereocenters. The van der Waals surface area contributed by atoms with E-state index in [-0.39, 0.29) is 12.6 Å². The quantitative estimate of drug-likeness (QED) is 0.611. The maximum atomic E-state index is 11.0. The van der Waals surface area contributed by atoms with Crippen LogP contribution in [-0.2, 0) is 16.1 Å². The third-order valence-electron chi connectivity index (χ3n) is 1.61. The van der Waals surface area contributed by atoms with Crippen LogP contribution in [0.25, 0.3) is 6.08 Å². The summed E-state index contributed by atoms with van der Waals surface area (Å²) in [5.74, 6) is -0.359. The number of carbonyl (C=O) groups excluding carboxylic acids is 1. The molecule has 1 N–H and O–H groups in total. The first-order valence-electron chi connectivity index (χ1n) is 4.30. The van der Waals surface area contributed by atoms with Gasteiger partial charge in [0.05, 0.1) is 13.2 Å². The lowest BCUT2D eigenvalue weighted by Gasteiger charge is -1.95. The number of rotatable bonds is 4. The lowest BCUT2D eigenvalue weighted by molar-refractivity contribution is -0.137. The molecule has 1 aromatic rings. The zero-order valence-corrected chi connectivity index (χ0v) is 8.71. The van der Waals surface area contributed by atoms with Crippen LogP contribution in [0.4, 0.5) is 0 Å². The van der Waals surface area contributed by atoms with Crippen molar-refractivity contribution in [1.82, 2.24) is 0 Å². The molecule has 0 radical (unpaired) electrons. The SMILES string of the molecule is CCOC(=O)C=Cc1ccsc1CO. The van der Waals surface area contributed by atoms with Gasteiger partial charge in [0.2, 0.25) is 0 Å². The third kappa shape index (κ3) is 2.97. The van der Waals surface area contributed by atoms with Crippen LogP contribution in [0.15, 0.2) is 17.5 Å². The molecular weight excluding hydrogens is 200 g/mol. The van der Waals surface area contributed by atoms with E-state index in [1.54, 1.807) is 13.0 Å². The molecule has 1 heterocycles. The summed E-state index contributed by atoms with van der Waals surface area (Å²) in [5, 5.41) is 10.8. The Labute approximate surface area is 86.6 Å². The molecule has 0 spiro atoms. The van der Waals surface area contributed by atoms with Crippen LogP contribution in [0.1, 0.15) is 17.4 Å². The Hall–Kier alpha value is -1.13. The average Bonchev–Trinajstić information content (AvgIpc) is 2.62. The van der Waals surface area contributed by atoms with Crippen LogP contribution in [0.3, 0.4) is 0 Å². The van der Waals surface area contributed by atoms with Crippen LogP contribution in [-0.4, -0.2) is 17.7 Å². The smallest absolute Gasteiger partial charge is 0.330 e. The van der Waals surface area contributed by atoms with Gasteiger partial charge >= 0.3 is 5.97 Å². The van der Waals surface area contributed by atoms with Gasteiger partial charge < -0.3 is 9.84 Å². The van der Waals surface area contributed by atoms with Crippen molar-refractivity contribution in [2.75, 3.05) is 6.61 Å². The summed E-state index contributed by atoms with van der Waals surface area (Å²) in [7, 11) is 0. The van der Waals surface area contributed by atoms with Gasteiger partial charge in [0.25, 0.3) is 0 Å². The summed E-state index contributed by atoms with van der Waals surface area (Å²) in [6.07, 6.45) is 3.02. The maximum absolute atomic E-state index is 11.0. The van der Waals surface area contributed by atoms with Crippen molar-refractivity contribution < 1.29 is 14.6 Å². The molecule has 1 rings (SSSR count). The lowest BCUT2D eigenvalue weighted by Crippen LogP contribution is -1.98. The number of hydrogen-bond donors (Lipinski definition) is 1. The summed E-state index contributed by atoms with van der Waals surface area (Å²) in [4.78, 5) is 11.8. The van der Waals surface area contributed by atoms with Crippen molar-refractivity contribution in [2.45, 2.75) is 13.5 Å². The number of thiophene rings is 1. The first-order chi connectivity index (χ1) is 6.77. The van der Waals surface area contributed by atoms with E-state index < -0.39 is 0 Å². The summed E-state index contributed by atoms with van der Waals surface area (Å²) in [6, 6.07) is 1.85. The Morgan fingerprint density at radius 1 is 1.71 bits per heavy atom. The molecule has 0 aromatic carbocycles. The van der Waals surface area contributed by atoms with E-state index in [4.69, 9.17) is 9.84 Å². The molecule has 0 amide bonds. The summed E-state index contributed by atoms with van der Waals surface area (Å²) < 4.78 is 4.73. The molecule has 0 atom stereocenters. The van der Waals surface area contributed by atoms with Gasteiger partial charge in [0.15, 0.2) is 0 Å². The molecular formula is C10H12O3S. The van der Waals surface area contributed by atoms with Gasteiger partial charge in [-0.3, -0.25) is 0 Å². The minimum atomic E-state index is -0.359. The van der Waals surface area contributed by atoms with E-state index in [0.29, 0.717) is 6.61 Å². The maximum Gasteiger partial charge on any atom is 0.330 e. The Bertz CT molecular complexity index is 328. The van der Waals surface area contributed by atoms with Crippen molar-refractivity contribution in [3.63, 3.8) is 0 Å². The molecule has 0 aliphatic heterocycles. The Morgan fingerprint density at radius 3 is 3.14 bits per heavy atom. The molecule has 1 aromatic heterocycles. The van der Waals surface area contributed by atoms with Gasteiger partial charge in [0, 0.05) is 11.0 Å². The van der Waals surface area contributed by atoms with E-state index in [0.717, 1.165) is 10.4 Å². The van der Waals surface area contributed by atoms with Gasteiger partial charge in [-0.1, -0.05) is 0 Å². The van der Waals surface area contributed by atoms with Crippen LogP contribution < -0.4 is 0 Å². The predicted molar refractivity (Wildman–Crippen MR) is 55.9 cm³/mol. The largest absolute Gasteiger partial charge is 0.463 e. The van der Waals surface area contributed by atoms with Crippen molar-refractivity contribution in [1.29, 1.82) is 0 Å². The van der Waals surface area contributed by atoms with Crippen molar-refractivity contribution in [3.8, 4) is 0 Å². The molecule has 0 saturated carbocycles. The van der Waals surface area contributed by atoms with Gasteiger partial charge in [-0.05, 0) is 30.0 Å². The highest BCUT2D eigenvalue weighted by Gasteiger charge is 2.00. The number of hydrogen-bond acceptors (Lipinski definition) is 4. The van der Waals surface area contributed by atoms with E-state index in [1.807, 2.05) is 11.4 Å². The summed E-state index contributed by atoms with van der Waals surface area (Å²) in [6.45, 7) is 2.13. The normalized spacial score (nSPS) is 10.7. The minimum Gasteiger partial charge on any atom is -0.463 e. The molecule has 0 fully saturated rings.